The number of anilines is 2. The summed E-state index contributed by atoms with van der Waals surface area (Å²) in [6.07, 6.45) is 5.40. The normalized spacial score (nSPS) is 17.8. The fourth-order valence-corrected chi connectivity index (χ4v) is 6.48. The number of piperidine rings is 1. The zero-order valence-electron chi connectivity index (χ0n) is 26.3. The molecular formula is C36H43N5O4. The fourth-order valence-electron chi connectivity index (χ4n) is 6.48. The fraction of sp³-hybridized carbons (Fsp3) is 0.417. The van der Waals surface area contributed by atoms with Gasteiger partial charge in [0.05, 0.1) is 25.5 Å². The maximum absolute atomic E-state index is 11.8. The van der Waals surface area contributed by atoms with Crippen LogP contribution in [0.3, 0.4) is 0 Å². The first-order valence-corrected chi connectivity index (χ1v) is 16.1. The molecule has 0 radical (unpaired) electrons. The van der Waals surface area contributed by atoms with Crippen LogP contribution in [0.1, 0.15) is 42.5 Å². The second kappa shape index (κ2) is 14.4. The Balaban J connectivity index is 1.19. The summed E-state index contributed by atoms with van der Waals surface area (Å²) in [6.45, 7) is 10.8. The van der Waals surface area contributed by atoms with Crippen LogP contribution in [0.25, 0.3) is 22.0 Å². The minimum Gasteiger partial charge on any atom is -0.493 e. The number of hydrogen-bond acceptors (Lipinski definition) is 8. The van der Waals surface area contributed by atoms with Crippen LogP contribution in [0.4, 0.5) is 11.5 Å². The van der Waals surface area contributed by atoms with Crippen LogP contribution in [0.15, 0.2) is 60.8 Å². The highest BCUT2D eigenvalue weighted by atomic mass is 16.5. The summed E-state index contributed by atoms with van der Waals surface area (Å²) in [6, 6.07) is 18.1. The van der Waals surface area contributed by atoms with Crippen LogP contribution in [0.2, 0.25) is 0 Å². The summed E-state index contributed by atoms with van der Waals surface area (Å²) in [5.41, 5.74) is 7.08. The highest BCUT2D eigenvalue weighted by Gasteiger charge is 2.28. The highest BCUT2D eigenvalue weighted by molar-refractivity contribution is 5.91. The molecule has 45 heavy (non-hydrogen) atoms. The largest absolute Gasteiger partial charge is 0.493 e. The topological polar surface area (TPSA) is 100 Å². The molecular weight excluding hydrogens is 566 g/mol. The summed E-state index contributed by atoms with van der Waals surface area (Å²) in [7, 11) is 0. The Bertz CT molecular complexity index is 1640. The Kier molecular flexibility index (Phi) is 9.88. The third-order valence-corrected chi connectivity index (χ3v) is 9.07. The third-order valence-electron chi connectivity index (χ3n) is 9.07. The maximum atomic E-state index is 11.8. The summed E-state index contributed by atoms with van der Waals surface area (Å²) in [5.74, 6) is 0.835. The van der Waals surface area contributed by atoms with Crippen molar-refractivity contribution in [1.82, 2.24) is 19.8 Å². The average Bonchev–Trinajstić information content (AvgIpc) is 3.06. The molecule has 236 valence electrons. The highest BCUT2D eigenvalue weighted by Crippen LogP contribution is 2.36. The van der Waals surface area contributed by atoms with Gasteiger partial charge in [-0.15, -0.1) is 0 Å². The monoisotopic (exact) mass is 609 g/mol. The minimum absolute atomic E-state index is 0.462. The molecule has 9 nitrogen and oxygen atoms in total. The lowest BCUT2D eigenvalue weighted by Crippen LogP contribution is -2.44. The van der Waals surface area contributed by atoms with Crippen LogP contribution >= 0.6 is 0 Å². The summed E-state index contributed by atoms with van der Waals surface area (Å²) in [4.78, 5) is 26.0. The van der Waals surface area contributed by atoms with Gasteiger partial charge in [-0.25, -0.2) is 9.97 Å². The van der Waals surface area contributed by atoms with Gasteiger partial charge < -0.3 is 19.9 Å². The van der Waals surface area contributed by atoms with E-state index < -0.39 is 12.0 Å². The smallest absolute Gasteiger partial charge is 0.320 e. The number of nitrogens with zero attached hydrogens (tertiary/aromatic N) is 4. The number of carbonyl (C=O) groups is 1. The Labute approximate surface area is 265 Å². The van der Waals surface area contributed by atoms with Crippen LogP contribution in [0.5, 0.6) is 5.75 Å². The van der Waals surface area contributed by atoms with Crippen molar-refractivity contribution in [2.75, 3.05) is 51.3 Å². The Hall–Kier alpha value is -4.05. The number of nitrogens with one attached hydrogen (secondary N) is 1. The van der Waals surface area contributed by atoms with E-state index in [1.54, 1.807) is 6.20 Å². The number of ether oxygens (including phenoxy) is 2. The van der Waals surface area contributed by atoms with Crippen molar-refractivity contribution in [3.8, 4) is 16.9 Å². The van der Waals surface area contributed by atoms with Gasteiger partial charge in [-0.2, -0.15) is 0 Å². The van der Waals surface area contributed by atoms with Crippen molar-refractivity contribution in [3.63, 3.8) is 0 Å². The number of fused-ring (bicyclic) bond motifs is 1. The standard InChI is InChI=1S/C36H43N5O4/c1-25-29(30-9-6-12-33(26(30)2)45-21-7-17-40-19-22-44-23-20-40)8-5-10-31(25)39-35-34-27(15-16-37-35)13-14-28(38-34)24-41-18-4-3-11-32(41)36(42)43/h5-6,8-10,12-16,32H,3-4,7,11,17-24H2,1-2H3,(H,37,39)(H,42,43). The van der Waals surface area contributed by atoms with Gasteiger partial charge in [0.25, 0.3) is 0 Å². The van der Waals surface area contributed by atoms with Gasteiger partial charge in [-0.1, -0.05) is 36.8 Å². The Morgan fingerprint density at radius 2 is 1.80 bits per heavy atom. The van der Waals surface area contributed by atoms with Crippen LogP contribution < -0.4 is 10.1 Å². The average molecular weight is 610 g/mol. The molecule has 9 heteroatoms. The molecule has 0 spiro atoms. The summed E-state index contributed by atoms with van der Waals surface area (Å²) >= 11 is 0. The zero-order chi connectivity index (χ0) is 31.2. The summed E-state index contributed by atoms with van der Waals surface area (Å²) in [5, 5.41) is 14.3. The predicted octanol–water partition coefficient (Wildman–Crippen LogP) is 6.20. The van der Waals surface area contributed by atoms with E-state index in [0.29, 0.717) is 25.4 Å². The van der Waals surface area contributed by atoms with E-state index in [9.17, 15) is 9.90 Å². The number of rotatable bonds is 11. The molecule has 2 aromatic carbocycles. The molecule has 0 saturated carbocycles. The van der Waals surface area contributed by atoms with Crippen LogP contribution in [0, 0.1) is 13.8 Å². The lowest BCUT2D eigenvalue weighted by molar-refractivity contribution is -0.144. The zero-order valence-corrected chi connectivity index (χ0v) is 26.3. The van der Waals surface area contributed by atoms with E-state index in [1.807, 2.05) is 23.1 Å². The van der Waals surface area contributed by atoms with E-state index in [2.05, 4.69) is 65.4 Å². The molecule has 2 saturated heterocycles. The second-order valence-electron chi connectivity index (χ2n) is 12.0. The van der Waals surface area contributed by atoms with Crippen LogP contribution in [-0.2, 0) is 16.1 Å². The number of pyridine rings is 2. The number of aromatic nitrogens is 2. The number of carboxylic acids is 1. The minimum atomic E-state index is -0.758. The van der Waals surface area contributed by atoms with E-state index in [4.69, 9.17) is 14.5 Å². The van der Waals surface area contributed by atoms with Gasteiger partial charge in [0.1, 0.15) is 17.3 Å². The number of benzene rings is 2. The van der Waals surface area contributed by atoms with Gasteiger partial charge in [0.2, 0.25) is 0 Å². The Morgan fingerprint density at radius 3 is 2.62 bits per heavy atom. The number of aliphatic carboxylic acids is 1. The maximum Gasteiger partial charge on any atom is 0.320 e. The predicted molar refractivity (Wildman–Crippen MR) is 177 cm³/mol. The quantitative estimate of drug-likeness (QED) is 0.193. The van der Waals surface area contributed by atoms with Crippen molar-refractivity contribution in [3.05, 3.63) is 77.6 Å². The first-order valence-electron chi connectivity index (χ1n) is 16.1. The molecule has 2 aromatic heterocycles. The lowest BCUT2D eigenvalue weighted by Gasteiger charge is -2.32. The van der Waals surface area contributed by atoms with Gasteiger partial charge in [0, 0.05) is 43.4 Å². The van der Waals surface area contributed by atoms with Gasteiger partial charge in [0.15, 0.2) is 5.82 Å². The second-order valence-corrected chi connectivity index (χ2v) is 12.0. The van der Waals surface area contributed by atoms with E-state index in [0.717, 1.165) is 109 Å². The van der Waals surface area contributed by atoms with Crippen molar-refractivity contribution in [2.24, 2.45) is 0 Å². The van der Waals surface area contributed by atoms with Crippen molar-refractivity contribution in [1.29, 1.82) is 0 Å². The molecule has 0 aliphatic carbocycles. The molecule has 0 amide bonds. The SMILES string of the molecule is Cc1c(Nc2nccc3ccc(CN4CCCCC4C(=O)O)nc23)cccc1-c1cccc(OCCCN2CCOCC2)c1C. The molecule has 4 aromatic rings. The molecule has 2 fully saturated rings. The Morgan fingerprint density at radius 1 is 1.00 bits per heavy atom. The molecule has 6 rings (SSSR count). The third kappa shape index (κ3) is 7.27. The number of hydrogen-bond donors (Lipinski definition) is 2. The van der Waals surface area contributed by atoms with Crippen molar-refractivity contribution < 1.29 is 19.4 Å². The lowest BCUT2D eigenvalue weighted by atomic mass is 9.95. The molecule has 2 N–H and O–H groups in total. The number of carboxylic acid groups (broad SMARTS) is 1. The molecule has 2 aliphatic heterocycles. The summed E-state index contributed by atoms with van der Waals surface area (Å²) < 4.78 is 11.7. The van der Waals surface area contributed by atoms with E-state index in [-0.39, 0.29) is 0 Å². The molecule has 1 unspecified atom stereocenters. The van der Waals surface area contributed by atoms with Crippen LogP contribution in [-0.4, -0.2) is 82.9 Å². The van der Waals surface area contributed by atoms with Gasteiger partial charge >= 0.3 is 5.97 Å². The van der Waals surface area contributed by atoms with Gasteiger partial charge in [-0.3, -0.25) is 14.6 Å². The molecule has 0 bridgehead atoms. The molecule has 2 aliphatic rings. The first kappa shape index (κ1) is 31.0. The first-order chi connectivity index (χ1) is 22.0. The van der Waals surface area contributed by atoms with Crippen molar-refractivity contribution >= 4 is 28.4 Å². The van der Waals surface area contributed by atoms with Gasteiger partial charge in [-0.05, 0) is 86.2 Å². The van der Waals surface area contributed by atoms with E-state index in [1.165, 1.54) is 0 Å². The number of morpholine rings is 1. The van der Waals surface area contributed by atoms with E-state index >= 15 is 0 Å². The molecule has 4 heterocycles. The molecule has 1 atom stereocenters. The number of likely N-dealkylation sites (tertiary alicyclic amines) is 1. The van der Waals surface area contributed by atoms with Crippen molar-refractivity contribution in [2.45, 2.75) is 52.1 Å².